The van der Waals surface area contributed by atoms with Gasteiger partial charge in [0.25, 0.3) is 0 Å². The van der Waals surface area contributed by atoms with Crippen molar-refractivity contribution in [3.8, 4) is 0 Å². The summed E-state index contributed by atoms with van der Waals surface area (Å²) in [7, 11) is 0. The Hall–Kier alpha value is -1.82. The maximum absolute atomic E-state index is 3.66. The maximum atomic E-state index is 3.66. The van der Waals surface area contributed by atoms with E-state index in [4.69, 9.17) is 0 Å². The standard InChI is InChI=1S/C7H10.C5H8.C4H6/c1-4-5-6-7(2)3;1-4-5(2)3;1-3-4-2/h4-6H,1-2H2,3H3;4H,1-2H2,3H3;3-4H,1-2H2. The van der Waals surface area contributed by atoms with Crippen LogP contribution in [0.15, 0.2) is 87.1 Å². The molecule has 0 aliphatic rings. The fourth-order valence-corrected chi connectivity index (χ4v) is 0.232. The van der Waals surface area contributed by atoms with Gasteiger partial charge in [-0.05, 0) is 13.8 Å². The maximum Gasteiger partial charge on any atom is -0.0404 e. The molecule has 0 saturated carbocycles. The summed E-state index contributed by atoms with van der Waals surface area (Å²) in [4.78, 5) is 0. The molecule has 0 bridgehead atoms. The largest absolute Gasteiger partial charge is 0.0991 e. The predicted octanol–water partition coefficient (Wildman–Crippen LogP) is 5.41. The Morgan fingerprint density at radius 2 is 1.12 bits per heavy atom. The van der Waals surface area contributed by atoms with Crippen molar-refractivity contribution in [1.29, 1.82) is 0 Å². The Morgan fingerprint density at radius 1 is 0.750 bits per heavy atom. The first-order valence-electron chi connectivity index (χ1n) is 4.92. The summed E-state index contributed by atoms with van der Waals surface area (Å²) in [6.45, 7) is 24.8. The molecule has 0 fully saturated rings. The lowest BCUT2D eigenvalue weighted by atomic mass is 10.3. The Balaban J connectivity index is -0.000000166. The predicted molar refractivity (Wildman–Crippen MR) is 79.6 cm³/mol. The van der Waals surface area contributed by atoms with E-state index in [1.54, 1.807) is 24.3 Å². The van der Waals surface area contributed by atoms with E-state index < -0.39 is 0 Å². The second-order valence-corrected chi connectivity index (χ2v) is 2.96. The molecule has 16 heavy (non-hydrogen) atoms. The minimum Gasteiger partial charge on any atom is -0.0991 e. The molecule has 0 atom stereocenters. The first-order valence-corrected chi connectivity index (χ1v) is 4.92. The molecule has 0 nitrogen and oxygen atoms in total. The van der Waals surface area contributed by atoms with Crippen LogP contribution < -0.4 is 0 Å². The zero-order valence-electron chi connectivity index (χ0n) is 10.7. The summed E-state index contributed by atoms with van der Waals surface area (Å²) in [6.07, 6.45) is 10.5. The van der Waals surface area contributed by atoms with Gasteiger partial charge in [0, 0.05) is 0 Å². The van der Waals surface area contributed by atoms with E-state index in [-0.39, 0.29) is 0 Å². The van der Waals surface area contributed by atoms with Crippen LogP contribution in [0, 0.1) is 0 Å². The molecule has 0 N–H and O–H groups in total. The Labute approximate surface area is 101 Å². The molecule has 0 amide bonds. The van der Waals surface area contributed by atoms with Gasteiger partial charge in [-0.3, -0.25) is 0 Å². The Bertz CT molecular complexity index is 256. The number of hydrogen-bond donors (Lipinski definition) is 0. The van der Waals surface area contributed by atoms with Crippen LogP contribution in [0.5, 0.6) is 0 Å². The lowest BCUT2D eigenvalue weighted by molar-refractivity contribution is 1.56. The van der Waals surface area contributed by atoms with Crippen LogP contribution in [0.3, 0.4) is 0 Å². The van der Waals surface area contributed by atoms with E-state index >= 15 is 0 Å². The number of allylic oxidation sites excluding steroid dienone is 8. The van der Waals surface area contributed by atoms with Gasteiger partial charge in [-0.2, -0.15) is 0 Å². The van der Waals surface area contributed by atoms with Gasteiger partial charge in [0.2, 0.25) is 0 Å². The molecule has 0 heterocycles. The van der Waals surface area contributed by atoms with E-state index in [1.165, 1.54) is 0 Å². The highest BCUT2D eigenvalue weighted by atomic mass is 13.7. The van der Waals surface area contributed by atoms with E-state index in [0.29, 0.717) is 0 Å². The molecular weight excluding hydrogens is 192 g/mol. The topological polar surface area (TPSA) is 0 Å². The average molecular weight is 216 g/mol. The van der Waals surface area contributed by atoms with Crippen molar-refractivity contribution in [2.75, 3.05) is 0 Å². The number of rotatable bonds is 4. The van der Waals surface area contributed by atoms with Gasteiger partial charge >= 0.3 is 0 Å². The molecule has 0 aliphatic carbocycles. The molecule has 0 aromatic heterocycles. The highest BCUT2D eigenvalue weighted by Gasteiger charge is 1.65. The van der Waals surface area contributed by atoms with Gasteiger partial charge in [0.15, 0.2) is 0 Å². The quantitative estimate of drug-likeness (QED) is 0.551. The zero-order valence-corrected chi connectivity index (χ0v) is 10.7. The molecule has 0 heteroatoms. The fraction of sp³-hybridized carbons (Fsp3) is 0.125. The highest BCUT2D eigenvalue weighted by molar-refractivity contribution is 5.15. The summed E-state index contributed by atoms with van der Waals surface area (Å²) in [5.74, 6) is 0. The van der Waals surface area contributed by atoms with Crippen molar-refractivity contribution in [2.24, 2.45) is 0 Å². The van der Waals surface area contributed by atoms with E-state index in [2.05, 4.69) is 39.5 Å². The van der Waals surface area contributed by atoms with Crippen molar-refractivity contribution in [1.82, 2.24) is 0 Å². The molecule has 0 rings (SSSR count). The van der Waals surface area contributed by atoms with E-state index in [9.17, 15) is 0 Å². The molecule has 88 valence electrons. The van der Waals surface area contributed by atoms with E-state index in [1.807, 2.05) is 26.0 Å². The van der Waals surface area contributed by atoms with Crippen molar-refractivity contribution in [3.05, 3.63) is 87.1 Å². The minimum atomic E-state index is 1.02. The summed E-state index contributed by atoms with van der Waals surface area (Å²) in [5, 5.41) is 0. The molecule has 0 unspecified atom stereocenters. The fourth-order valence-electron chi connectivity index (χ4n) is 0.232. The van der Waals surface area contributed by atoms with Crippen molar-refractivity contribution >= 4 is 0 Å². The van der Waals surface area contributed by atoms with Crippen LogP contribution in [0.25, 0.3) is 0 Å². The van der Waals surface area contributed by atoms with Crippen LogP contribution in [0.4, 0.5) is 0 Å². The summed E-state index contributed by atoms with van der Waals surface area (Å²) in [5.41, 5.74) is 2.07. The third-order valence-corrected chi connectivity index (χ3v) is 1.03. The van der Waals surface area contributed by atoms with Gasteiger partial charge < -0.3 is 0 Å². The van der Waals surface area contributed by atoms with Crippen molar-refractivity contribution in [3.63, 3.8) is 0 Å². The molecule has 0 radical (unpaired) electrons. The molecular formula is C16H24. The van der Waals surface area contributed by atoms with Crippen LogP contribution >= 0.6 is 0 Å². The monoisotopic (exact) mass is 216 g/mol. The highest BCUT2D eigenvalue weighted by Crippen LogP contribution is 1.86. The lowest BCUT2D eigenvalue weighted by Crippen LogP contribution is -1.55. The third kappa shape index (κ3) is 56.7. The van der Waals surface area contributed by atoms with Crippen LogP contribution in [-0.4, -0.2) is 0 Å². The minimum absolute atomic E-state index is 1.02. The first kappa shape index (κ1) is 19.7. The zero-order chi connectivity index (χ0) is 13.4. The first-order chi connectivity index (χ1) is 7.45. The summed E-state index contributed by atoms with van der Waals surface area (Å²) in [6, 6.07) is 0. The lowest BCUT2D eigenvalue weighted by Gasteiger charge is -1.77. The smallest absolute Gasteiger partial charge is 0.0404 e. The van der Waals surface area contributed by atoms with Crippen LogP contribution in [0.2, 0.25) is 0 Å². The second kappa shape index (κ2) is 18.9. The third-order valence-electron chi connectivity index (χ3n) is 1.03. The summed E-state index contributed by atoms with van der Waals surface area (Å²) < 4.78 is 0. The normalized spacial score (nSPS) is 7.38. The molecule has 0 spiro atoms. The van der Waals surface area contributed by atoms with Gasteiger partial charge in [-0.15, -0.1) is 0 Å². The Morgan fingerprint density at radius 3 is 1.19 bits per heavy atom. The second-order valence-electron chi connectivity index (χ2n) is 2.96. The molecule has 0 aromatic carbocycles. The van der Waals surface area contributed by atoms with Crippen molar-refractivity contribution in [2.45, 2.75) is 13.8 Å². The molecule has 0 saturated heterocycles. The molecule has 0 aliphatic heterocycles. The number of hydrogen-bond acceptors (Lipinski definition) is 0. The average Bonchev–Trinajstić information content (AvgIpc) is 2.27. The van der Waals surface area contributed by atoms with Gasteiger partial charge in [0.1, 0.15) is 0 Å². The SMILES string of the molecule is C=CC(=C)C.C=CC=C.C=CC=CC(=C)C. The van der Waals surface area contributed by atoms with Gasteiger partial charge in [0.05, 0.1) is 0 Å². The Kier molecular flexibility index (Phi) is 23.2. The van der Waals surface area contributed by atoms with Gasteiger partial charge in [-0.1, -0.05) is 87.1 Å². The summed E-state index contributed by atoms with van der Waals surface area (Å²) >= 11 is 0. The molecule has 0 aromatic rings. The van der Waals surface area contributed by atoms with Gasteiger partial charge in [-0.25, -0.2) is 0 Å². The van der Waals surface area contributed by atoms with Crippen LogP contribution in [-0.2, 0) is 0 Å². The van der Waals surface area contributed by atoms with Crippen LogP contribution in [0.1, 0.15) is 13.8 Å². The van der Waals surface area contributed by atoms with Crippen molar-refractivity contribution < 1.29 is 0 Å². The van der Waals surface area contributed by atoms with E-state index in [0.717, 1.165) is 11.1 Å².